The number of benzene rings is 1. The van der Waals surface area contributed by atoms with Gasteiger partial charge in [-0.2, -0.15) is 26.3 Å². The molecule has 0 spiro atoms. The van der Waals surface area contributed by atoms with Crippen molar-refractivity contribution >= 4 is 26.1 Å². The molecule has 45 heavy (non-hydrogen) atoms. The van der Waals surface area contributed by atoms with Crippen LogP contribution in [-0.4, -0.2) is 76.0 Å². The van der Waals surface area contributed by atoms with Crippen molar-refractivity contribution in [2.24, 2.45) is 0 Å². The van der Waals surface area contributed by atoms with E-state index in [-0.39, 0.29) is 12.1 Å². The number of amides is 2. The zero-order valence-corrected chi connectivity index (χ0v) is 26.6. The van der Waals surface area contributed by atoms with Crippen LogP contribution < -0.4 is 15.9 Å². The lowest BCUT2D eigenvalue weighted by atomic mass is 10.1. The largest absolute Gasteiger partial charge is 0.480 e. The van der Waals surface area contributed by atoms with E-state index in [2.05, 4.69) is 60.2 Å². The Bertz CT molecular complexity index is 1290. The first-order chi connectivity index (χ1) is 20.9. The van der Waals surface area contributed by atoms with E-state index in [0.29, 0.717) is 0 Å². The minimum Gasteiger partial charge on any atom is -0.421 e. The highest BCUT2D eigenvalue weighted by Crippen LogP contribution is 2.36. The van der Waals surface area contributed by atoms with Gasteiger partial charge in [0, 0.05) is 19.6 Å². The number of sulfonamides is 2. The summed E-state index contributed by atoms with van der Waals surface area (Å²) in [6.45, 7) is 8.36. The Labute approximate surface area is 260 Å². The Kier molecular flexibility index (Phi) is 14.4. The number of alkyl halides is 6. The summed E-state index contributed by atoms with van der Waals surface area (Å²) in [5, 5.41) is 6.86. The average molecular weight is 695 g/mol. The molecule has 1 fully saturated rings. The van der Waals surface area contributed by atoms with Crippen LogP contribution in [0.5, 0.6) is 0 Å². The molecule has 2 aliphatic rings. The second kappa shape index (κ2) is 16.8. The number of allylic oxidation sites excluding steroid dienone is 1. The highest BCUT2D eigenvalue weighted by molar-refractivity contribution is 8.13. The maximum Gasteiger partial charge on any atom is 0.480 e. The number of carbonyl (C=O) groups excluding carboxylic acids is 1. The van der Waals surface area contributed by atoms with Crippen LogP contribution >= 0.6 is 0 Å². The summed E-state index contributed by atoms with van der Waals surface area (Å²) < 4.78 is 109. The molecule has 0 radical (unpaired) electrons. The van der Waals surface area contributed by atoms with Crippen LogP contribution in [0.15, 0.2) is 42.2 Å². The molecule has 0 saturated carbocycles. The first kappa shape index (κ1) is 38.6. The molecule has 1 aromatic rings. The molecular formula is C26H40F6N6O5S2. The molecule has 1 saturated heterocycles. The van der Waals surface area contributed by atoms with Crippen molar-refractivity contribution in [2.45, 2.75) is 82.3 Å². The number of rotatable bonds is 15. The fourth-order valence-electron chi connectivity index (χ4n) is 4.46. The third kappa shape index (κ3) is 12.3. The van der Waals surface area contributed by atoms with E-state index in [9.17, 15) is 48.0 Å². The Morgan fingerprint density at radius 3 is 2.04 bits per heavy atom. The van der Waals surface area contributed by atoms with Crippen LogP contribution in [0.2, 0.25) is 0 Å². The summed E-state index contributed by atoms with van der Waals surface area (Å²) in [5.74, 6) is 0. The maximum absolute atomic E-state index is 12.3. The lowest BCUT2D eigenvalue weighted by molar-refractivity contribution is -0.901. The number of hydrogen-bond donors (Lipinski definition) is 3. The van der Waals surface area contributed by atoms with Crippen LogP contribution in [0.4, 0.5) is 31.1 Å². The van der Waals surface area contributed by atoms with Crippen LogP contribution in [0.1, 0.15) is 64.4 Å². The Hall–Kier alpha value is -2.61. The standard InChI is InChI=1S/C24H39N5O.C2F6NO4S2/c1-3-5-16-28-20-23(29(26-28)17-6-4-2)14-10-11-15-27-19-22(25-24(27)30)18-21-12-8-7-9-13-21;3-1(4,5)14(10,11)9-15(12,13)2(6,7)8/h7-9,12-13,20,22,26H,3-6,10-11,14-19H2,1-2H3,(H,25,30);/q;-1/p+1/t22-;/m0./s1. The minimum atomic E-state index is -6.72. The van der Waals surface area contributed by atoms with E-state index in [4.69, 9.17) is 0 Å². The van der Waals surface area contributed by atoms with Gasteiger partial charge in [-0.25, -0.2) is 26.6 Å². The fraction of sp³-hybridized carbons (Fsp3) is 0.654. The summed E-state index contributed by atoms with van der Waals surface area (Å²) in [6.07, 6.45) is 11.4. The van der Waals surface area contributed by atoms with E-state index in [1.807, 2.05) is 11.0 Å². The van der Waals surface area contributed by atoms with Gasteiger partial charge in [-0.15, -0.1) is 0 Å². The summed E-state index contributed by atoms with van der Waals surface area (Å²) in [7, 11) is -13.4. The molecule has 0 aromatic heterocycles. The van der Waals surface area contributed by atoms with E-state index >= 15 is 0 Å². The Balaban J connectivity index is 0.000000399. The van der Waals surface area contributed by atoms with Crippen molar-refractivity contribution in [2.75, 3.05) is 26.2 Å². The molecule has 2 heterocycles. The van der Waals surface area contributed by atoms with Crippen LogP contribution in [-0.2, 0) is 26.5 Å². The lowest BCUT2D eigenvalue weighted by Gasteiger charge is -2.22. The van der Waals surface area contributed by atoms with Crippen molar-refractivity contribution in [3.63, 3.8) is 0 Å². The molecule has 0 aliphatic carbocycles. The lowest BCUT2D eigenvalue weighted by Crippen LogP contribution is -3.14. The van der Waals surface area contributed by atoms with E-state index in [1.54, 1.807) is 0 Å². The van der Waals surface area contributed by atoms with Gasteiger partial charge in [0.15, 0.2) is 20.0 Å². The van der Waals surface area contributed by atoms with E-state index in [1.165, 1.54) is 42.0 Å². The second-order valence-electron chi connectivity index (χ2n) is 10.5. The third-order valence-electron chi connectivity index (χ3n) is 6.77. The number of nitrogens with one attached hydrogen (secondary N) is 3. The molecule has 3 N–H and O–H groups in total. The van der Waals surface area contributed by atoms with Crippen molar-refractivity contribution in [3.05, 3.63) is 51.9 Å². The van der Waals surface area contributed by atoms with Crippen molar-refractivity contribution in [1.29, 1.82) is 0 Å². The molecule has 1 unspecified atom stereocenters. The Morgan fingerprint density at radius 1 is 0.889 bits per heavy atom. The number of unbranched alkanes of at least 4 members (excludes halogenated alkanes) is 3. The van der Waals surface area contributed by atoms with Gasteiger partial charge in [-0.05, 0) is 44.1 Å². The zero-order valence-electron chi connectivity index (χ0n) is 25.0. The number of hydrazine groups is 1. The van der Waals surface area contributed by atoms with Gasteiger partial charge in [0.1, 0.15) is 12.7 Å². The molecule has 0 bridgehead atoms. The summed E-state index contributed by atoms with van der Waals surface area (Å²) in [5.41, 5.74) is -6.09. The van der Waals surface area contributed by atoms with Crippen molar-refractivity contribution in [1.82, 2.24) is 20.8 Å². The van der Waals surface area contributed by atoms with E-state index < -0.39 is 31.1 Å². The molecule has 2 aliphatic heterocycles. The highest BCUT2D eigenvalue weighted by atomic mass is 32.3. The number of quaternary nitrogens is 1. The van der Waals surface area contributed by atoms with Crippen molar-refractivity contribution < 1.29 is 53.0 Å². The summed E-state index contributed by atoms with van der Waals surface area (Å²) in [6, 6.07) is 10.7. The normalized spacial score (nSPS) is 19.3. The molecule has 11 nitrogen and oxygen atoms in total. The van der Waals surface area contributed by atoms with Gasteiger partial charge in [0.25, 0.3) is 0 Å². The first-order valence-corrected chi connectivity index (χ1v) is 17.3. The number of nitrogens with zero attached hydrogens (tertiary/aromatic N) is 3. The first-order valence-electron chi connectivity index (χ1n) is 14.5. The summed E-state index contributed by atoms with van der Waals surface area (Å²) >= 11 is 0. The van der Waals surface area contributed by atoms with Gasteiger partial charge in [0.05, 0.1) is 11.7 Å². The molecule has 3 rings (SSSR count). The zero-order chi connectivity index (χ0) is 33.9. The van der Waals surface area contributed by atoms with Crippen LogP contribution in [0.25, 0.3) is 4.13 Å². The molecule has 258 valence electrons. The SMILES string of the molecule is CCCCN1N[NH+](CCCC)C=C1CCCCN1C[C@H](Cc2ccccc2)NC1=O.O=S(=O)([N-]S(=O)(=O)C(F)(F)F)C(F)(F)F. The number of urea groups is 1. The molecule has 1 aromatic carbocycles. The second-order valence-corrected chi connectivity index (χ2v) is 14.0. The topological polar surface area (TPSA) is 134 Å². The van der Waals surface area contributed by atoms with Gasteiger partial charge >= 0.3 is 17.0 Å². The monoisotopic (exact) mass is 694 g/mol. The number of carbonyl (C=O) groups is 1. The number of hydrogen-bond acceptors (Lipinski definition) is 7. The van der Waals surface area contributed by atoms with Gasteiger partial charge < -0.3 is 14.3 Å². The smallest absolute Gasteiger partial charge is 0.421 e. The molecular weight excluding hydrogens is 654 g/mol. The molecule has 2 atom stereocenters. The van der Waals surface area contributed by atoms with Gasteiger partial charge in [0.2, 0.25) is 0 Å². The van der Waals surface area contributed by atoms with Crippen LogP contribution in [0, 0.1) is 0 Å². The quantitative estimate of drug-likeness (QED) is 0.187. The predicted molar refractivity (Wildman–Crippen MR) is 155 cm³/mol. The fourth-order valence-corrected chi connectivity index (χ4v) is 6.17. The highest BCUT2D eigenvalue weighted by Gasteiger charge is 2.47. The Morgan fingerprint density at radius 2 is 1.49 bits per heavy atom. The maximum atomic E-state index is 12.3. The van der Waals surface area contributed by atoms with Crippen LogP contribution in [0.3, 0.4) is 0 Å². The summed E-state index contributed by atoms with van der Waals surface area (Å²) in [4.78, 5) is 14.3. The number of halogens is 6. The molecule has 2 amide bonds. The molecule has 19 heteroatoms. The van der Waals surface area contributed by atoms with E-state index in [0.717, 1.165) is 56.0 Å². The van der Waals surface area contributed by atoms with Gasteiger partial charge in [-0.1, -0.05) is 62.6 Å². The average Bonchev–Trinajstić information content (AvgIpc) is 3.49. The predicted octanol–water partition coefficient (Wildman–Crippen LogP) is 3.91. The third-order valence-corrected chi connectivity index (χ3v) is 9.51. The van der Waals surface area contributed by atoms with Crippen molar-refractivity contribution in [3.8, 4) is 0 Å². The van der Waals surface area contributed by atoms with Gasteiger partial charge in [-0.3, -0.25) is 5.01 Å². The minimum absolute atomic E-state index is 0.0948.